The molecule has 0 aliphatic carbocycles. The second-order valence-electron chi connectivity index (χ2n) is 4.09. The van der Waals surface area contributed by atoms with Crippen LogP contribution >= 0.6 is 22.7 Å². The highest BCUT2D eigenvalue weighted by Crippen LogP contribution is 2.22. The van der Waals surface area contributed by atoms with Gasteiger partial charge >= 0.3 is 0 Å². The molecule has 0 saturated heterocycles. The molecule has 0 aromatic carbocycles. The summed E-state index contributed by atoms with van der Waals surface area (Å²) in [6.07, 6.45) is 1.07. The quantitative estimate of drug-likeness (QED) is 0.905. The normalized spacial score (nSPS) is 12.6. The second kappa shape index (κ2) is 5.62. The van der Waals surface area contributed by atoms with E-state index in [1.54, 1.807) is 22.7 Å². The minimum Gasteiger partial charge on any atom is -0.351 e. The summed E-state index contributed by atoms with van der Waals surface area (Å²) < 4.78 is 0. The summed E-state index contributed by atoms with van der Waals surface area (Å²) in [5.41, 5.74) is 6.79. The predicted molar refractivity (Wildman–Crippen MR) is 76.0 cm³/mol. The van der Waals surface area contributed by atoms with Crippen LogP contribution in [0.4, 0.5) is 5.13 Å². The SMILES string of the molecule is CC(N)c1csc(N(C)CCc2cccs2)n1. The molecule has 3 nitrogen and oxygen atoms in total. The van der Waals surface area contributed by atoms with E-state index in [0.717, 1.165) is 23.8 Å². The standard InChI is InChI=1S/C12H17N3S2/c1-9(13)11-8-17-12(14-11)15(2)6-5-10-4-3-7-16-10/h3-4,7-9H,5-6,13H2,1-2H3. The van der Waals surface area contributed by atoms with Crippen molar-refractivity contribution in [1.82, 2.24) is 4.98 Å². The molecule has 0 bridgehead atoms. The number of hydrogen-bond acceptors (Lipinski definition) is 5. The first-order valence-corrected chi connectivity index (χ1v) is 7.37. The molecule has 2 aromatic heterocycles. The lowest BCUT2D eigenvalue weighted by molar-refractivity contribution is 0.782. The zero-order valence-electron chi connectivity index (χ0n) is 10.1. The van der Waals surface area contributed by atoms with Crippen molar-refractivity contribution in [3.05, 3.63) is 33.5 Å². The molecule has 0 radical (unpaired) electrons. The van der Waals surface area contributed by atoms with Gasteiger partial charge in [0.25, 0.3) is 0 Å². The molecule has 2 aromatic rings. The van der Waals surface area contributed by atoms with E-state index in [1.165, 1.54) is 4.88 Å². The maximum Gasteiger partial charge on any atom is 0.185 e. The van der Waals surface area contributed by atoms with E-state index in [4.69, 9.17) is 5.73 Å². The van der Waals surface area contributed by atoms with Crippen LogP contribution in [-0.2, 0) is 6.42 Å². The van der Waals surface area contributed by atoms with E-state index in [9.17, 15) is 0 Å². The van der Waals surface area contributed by atoms with Crippen LogP contribution in [0.25, 0.3) is 0 Å². The lowest BCUT2D eigenvalue weighted by Gasteiger charge is -2.14. The monoisotopic (exact) mass is 267 g/mol. The summed E-state index contributed by atoms with van der Waals surface area (Å²) in [7, 11) is 2.08. The Morgan fingerprint density at radius 1 is 1.47 bits per heavy atom. The van der Waals surface area contributed by atoms with Gasteiger partial charge in [0, 0.05) is 29.9 Å². The number of thiophene rings is 1. The molecular weight excluding hydrogens is 250 g/mol. The number of thiazole rings is 1. The smallest absolute Gasteiger partial charge is 0.185 e. The lowest BCUT2D eigenvalue weighted by Crippen LogP contribution is -2.20. The Labute approximate surface area is 110 Å². The molecule has 0 saturated carbocycles. The Morgan fingerprint density at radius 2 is 2.29 bits per heavy atom. The van der Waals surface area contributed by atoms with Crippen LogP contribution < -0.4 is 10.6 Å². The lowest BCUT2D eigenvalue weighted by atomic mass is 10.3. The molecule has 1 unspecified atom stereocenters. The summed E-state index contributed by atoms with van der Waals surface area (Å²) in [4.78, 5) is 8.14. The van der Waals surface area contributed by atoms with E-state index in [2.05, 4.69) is 34.4 Å². The summed E-state index contributed by atoms with van der Waals surface area (Å²) in [6.45, 7) is 2.96. The second-order valence-corrected chi connectivity index (χ2v) is 5.96. The topological polar surface area (TPSA) is 42.1 Å². The van der Waals surface area contributed by atoms with Gasteiger partial charge in [-0.3, -0.25) is 0 Å². The van der Waals surface area contributed by atoms with Gasteiger partial charge in [-0.05, 0) is 24.8 Å². The maximum absolute atomic E-state index is 5.81. The number of nitrogens with two attached hydrogens (primary N) is 1. The van der Waals surface area contributed by atoms with Crippen LogP contribution in [0.1, 0.15) is 23.5 Å². The van der Waals surface area contributed by atoms with Crippen molar-refractivity contribution in [2.24, 2.45) is 5.73 Å². The number of rotatable bonds is 5. The van der Waals surface area contributed by atoms with Crippen LogP contribution in [-0.4, -0.2) is 18.6 Å². The van der Waals surface area contributed by atoms with Gasteiger partial charge in [0.1, 0.15) is 0 Å². The molecule has 0 aliphatic rings. The zero-order chi connectivity index (χ0) is 12.3. The summed E-state index contributed by atoms with van der Waals surface area (Å²) in [6, 6.07) is 4.29. The van der Waals surface area contributed by atoms with Gasteiger partial charge in [-0.1, -0.05) is 6.07 Å². The highest BCUT2D eigenvalue weighted by molar-refractivity contribution is 7.13. The molecule has 92 valence electrons. The molecule has 17 heavy (non-hydrogen) atoms. The van der Waals surface area contributed by atoms with E-state index in [0.29, 0.717) is 0 Å². The van der Waals surface area contributed by atoms with Crippen molar-refractivity contribution in [2.75, 3.05) is 18.5 Å². The fourth-order valence-corrected chi connectivity index (χ4v) is 3.11. The Kier molecular flexibility index (Phi) is 4.15. The van der Waals surface area contributed by atoms with Crippen LogP contribution in [0.2, 0.25) is 0 Å². The maximum atomic E-state index is 5.81. The number of nitrogens with zero attached hydrogens (tertiary/aromatic N) is 2. The molecule has 2 heterocycles. The van der Waals surface area contributed by atoms with Crippen LogP contribution in [0, 0.1) is 0 Å². The number of hydrogen-bond donors (Lipinski definition) is 1. The molecule has 5 heteroatoms. The van der Waals surface area contributed by atoms with E-state index < -0.39 is 0 Å². The molecule has 0 aliphatic heterocycles. The van der Waals surface area contributed by atoms with Gasteiger partial charge in [-0.25, -0.2) is 4.98 Å². The average Bonchev–Trinajstić information content (AvgIpc) is 2.96. The Balaban J connectivity index is 1.92. The molecule has 2 N–H and O–H groups in total. The van der Waals surface area contributed by atoms with Gasteiger partial charge in [-0.15, -0.1) is 22.7 Å². The van der Waals surface area contributed by atoms with Crippen molar-refractivity contribution < 1.29 is 0 Å². The van der Waals surface area contributed by atoms with E-state index in [1.807, 2.05) is 12.3 Å². The van der Waals surface area contributed by atoms with E-state index >= 15 is 0 Å². The Hall–Kier alpha value is -0.910. The molecule has 0 spiro atoms. The largest absolute Gasteiger partial charge is 0.351 e. The van der Waals surface area contributed by atoms with Gasteiger partial charge in [-0.2, -0.15) is 0 Å². The van der Waals surface area contributed by atoms with Gasteiger partial charge in [0.2, 0.25) is 0 Å². The Morgan fingerprint density at radius 3 is 2.88 bits per heavy atom. The first kappa shape index (κ1) is 12.5. The molecular formula is C12H17N3S2. The highest BCUT2D eigenvalue weighted by Gasteiger charge is 2.09. The number of aromatic nitrogens is 1. The number of likely N-dealkylation sites (N-methyl/N-ethyl adjacent to an activating group) is 1. The average molecular weight is 267 g/mol. The van der Waals surface area contributed by atoms with Crippen molar-refractivity contribution in [3.63, 3.8) is 0 Å². The highest BCUT2D eigenvalue weighted by atomic mass is 32.1. The first-order chi connectivity index (χ1) is 8.16. The molecule has 2 rings (SSSR count). The summed E-state index contributed by atoms with van der Waals surface area (Å²) in [5, 5.41) is 5.21. The van der Waals surface area contributed by atoms with Crippen molar-refractivity contribution >= 4 is 27.8 Å². The Bertz CT molecular complexity index is 448. The summed E-state index contributed by atoms with van der Waals surface area (Å²) in [5.74, 6) is 0. The molecule has 0 amide bonds. The van der Waals surface area contributed by atoms with Crippen LogP contribution in [0.5, 0.6) is 0 Å². The van der Waals surface area contributed by atoms with Crippen molar-refractivity contribution in [3.8, 4) is 0 Å². The summed E-state index contributed by atoms with van der Waals surface area (Å²) >= 11 is 3.47. The predicted octanol–water partition coefficient (Wildman–Crippen LogP) is 2.90. The van der Waals surface area contributed by atoms with Crippen molar-refractivity contribution in [2.45, 2.75) is 19.4 Å². The third kappa shape index (κ3) is 3.28. The number of anilines is 1. The van der Waals surface area contributed by atoms with Gasteiger partial charge in [0.05, 0.1) is 5.69 Å². The van der Waals surface area contributed by atoms with E-state index in [-0.39, 0.29) is 6.04 Å². The fraction of sp³-hybridized carbons (Fsp3) is 0.417. The van der Waals surface area contributed by atoms with Gasteiger partial charge in [0.15, 0.2) is 5.13 Å². The van der Waals surface area contributed by atoms with Crippen LogP contribution in [0.15, 0.2) is 22.9 Å². The first-order valence-electron chi connectivity index (χ1n) is 5.61. The fourth-order valence-electron chi connectivity index (χ4n) is 1.49. The van der Waals surface area contributed by atoms with Crippen molar-refractivity contribution in [1.29, 1.82) is 0 Å². The van der Waals surface area contributed by atoms with Gasteiger partial charge < -0.3 is 10.6 Å². The minimum atomic E-state index is 0.0192. The molecule has 0 fully saturated rings. The zero-order valence-corrected chi connectivity index (χ0v) is 11.7. The van der Waals surface area contributed by atoms with Crippen LogP contribution in [0.3, 0.4) is 0 Å². The third-order valence-corrected chi connectivity index (χ3v) is 4.49. The molecule has 1 atom stereocenters. The minimum absolute atomic E-state index is 0.0192. The third-order valence-electron chi connectivity index (χ3n) is 2.58.